The van der Waals surface area contributed by atoms with Gasteiger partial charge in [0.1, 0.15) is 5.75 Å². The molecule has 0 radical (unpaired) electrons. The average molecular weight is 337 g/mol. The molecule has 84 valence electrons. The zero-order chi connectivity index (χ0) is 12.3. The van der Waals surface area contributed by atoms with E-state index in [0.717, 1.165) is 3.57 Å². The van der Waals surface area contributed by atoms with Crippen LogP contribution in [-0.4, -0.2) is 4.98 Å². The number of pyridine rings is 1. The van der Waals surface area contributed by atoms with Gasteiger partial charge in [-0.1, -0.05) is 0 Å². The third-order valence-electron chi connectivity index (χ3n) is 2.07. The maximum atomic E-state index is 8.81. The van der Waals surface area contributed by atoms with Gasteiger partial charge in [-0.3, -0.25) is 4.98 Å². The molecule has 2 rings (SSSR count). The van der Waals surface area contributed by atoms with Crippen molar-refractivity contribution in [3.63, 3.8) is 0 Å². The SMILES string of the molecule is N#Cc1cc(N)c(Oc2ccncc2)c(I)c1. The van der Waals surface area contributed by atoms with E-state index in [0.29, 0.717) is 22.7 Å². The van der Waals surface area contributed by atoms with Crippen molar-refractivity contribution in [1.29, 1.82) is 5.26 Å². The van der Waals surface area contributed by atoms with Crippen molar-refractivity contribution < 1.29 is 4.74 Å². The van der Waals surface area contributed by atoms with E-state index in [4.69, 9.17) is 15.7 Å². The summed E-state index contributed by atoms with van der Waals surface area (Å²) in [6.07, 6.45) is 3.28. The number of benzene rings is 1. The second-order valence-electron chi connectivity index (χ2n) is 3.27. The minimum absolute atomic E-state index is 0.449. The van der Waals surface area contributed by atoms with E-state index in [9.17, 15) is 0 Å². The molecule has 0 saturated heterocycles. The molecule has 5 heteroatoms. The maximum Gasteiger partial charge on any atom is 0.163 e. The van der Waals surface area contributed by atoms with E-state index in [1.807, 2.05) is 6.07 Å². The normalized spacial score (nSPS) is 9.65. The zero-order valence-corrected chi connectivity index (χ0v) is 10.9. The Morgan fingerprint density at radius 1 is 1.29 bits per heavy atom. The molecule has 4 nitrogen and oxygen atoms in total. The highest BCUT2D eigenvalue weighted by molar-refractivity contribution is 14.1. The molecule has 0 spiro atoms. The van der Waals surface area contributed by atoms with E-state index < -0.39 is 0 Å². The molecule has 1 aromatic heterocycles. The Morgan fingerprint density at radius 2 is 2.00 bits per heavy atom. The number of rotatable bonds is 2. The molecule has 1 heterocycles. The fourth-order valence-electron chi connectivity index (χ4n) is 1.31. The van der Waals surface area contributed by atoms with E-state index >= 15 is 0 Å². The summed E-state index contributed by atoms with van der Waals surface area (Å²) >= 11 is 2.09. The van der Waals surface area contributed by atoms with Gasteiger partial charge >= 0.3 is 0 Å². The van der Waals surface area contributed by atoms with Gasteiger partial charge in [0.25, 0.3) is 0 Å². The Balaban J connectivity index is 2.38. The fourth-order valence-corrected chi connectivity index (χ4v) is 2.07. The van der Waals surface area contributed by atoms with Crippen molar-refractivity contribution in [3.05, 3.63) is 45.8 Å². The van der Waals surface area contributed by atoms with Gasteiger partial charge in [-0.25, -0.2) is 0 Å². The Morgan fingerprint density at radius 3 is 2.59 bits per heavy atom. The molecule has 0 aliphatic heterocycles. The molecular formula is C12H8IN3O. The number of aromatic nitrogens is 1. The Hall–Kier alpha value is -1.81. The van der Waals surface area contributed by atoms with Crippen LogP contribution in [-0.2, 0) is 0 Å². The first-order chi connectivity index (χ1) is 8.20. The lowest BCUT2D eigenvalue weighted by Gasteiger charge is -2.10. The van der Waals surface area contributed by atoms with E-state index in [1.165, 1.54) is 0 Å². The van der Waals surface area contributed by atoms with E-state index in [1.54, 1.807) is 36.7 Å². The highest BCUT2D eigenvalue weighted by atomic mass is 127. The fraction of sp³-hybridized carbons (Fsp3) is 0. The monoisotopic (exact) mass is 337 g/mol. The first-order valence-corrected chi connectivity index (χ1v) is 5.85. The van der Waals surface area contributed by atoms with Crippen LogP contribution in [0.4, 0.5) is 5.69 Å². The van der Waals surface area contributed by atoms with Crippen LogP contribution < -0.4 is 10.5 Å². The van der Waals surface area contributed by atoms with Crippen LogP contribution in [0.3, 0.4) is 0 Å². The lowest BCUT2D eigenvalue weighted by Crippen LogP contribution is -1.96. The largest absolute Gasteiger partial charge is 0.454 e. The smallest absolute Gasteiger partial charge is 0.163 e. The average Bonchev–Trinajstić information content (AvgIpc) is 2.35. The molecule has 0 aliphatic rings. The molecule has 1 aromatic carbocycles. The summed E-state index contributed by atoms with van der Waals surface area (Å²) < 4.78 is 6.46. The lowest BCUT2D eigenvalue weighted by atomic mass is 10.2. The van der Waals surface area contributed by atoms with Gasteiger partial charge in [0.2, 0.25) is 0 Å². The predicted octanol–water partition coefficient (Wildman–Crippen LogP) is 2.93. The number of halogens is 1. The number of hydrogen-bond acceptors (Lipinski definition) is 4. The first-order valence-electron chi connectivity index (χ1n) is 4.77. The molecule has 0 aliphatic carbocycles. The van der Waals surface area contributed by atoms with Crippen molar-refractivity contribution >= 4 is 28.3 Å². The number of hydrogen-bond donors (Lipinski definition) is 1. The Bertz CT molecular complexity index is 555. The second kappa shape index (κ2) is 5.01. The van der Waals surface area contributed by atoms with Gasteiger partial charge in [0.05, 0.1) is 20.9 Å². The summed E-state index contributed by atoms with van der Waals surface area (Å²) in [4.78, 5) is 3.90. The minimum Gasteiger partial charge on any atom is -0.454 e. The summed E-state index contributed by atoms with van der Waals surface area (Å²) in [6, 6.07) is 8.86. The lowest BCUT2D eigenvalue weighted by molar-refractivity contribution is 0.481. The van der Waals surface area contributed by atoms with Crippen molar-refractivity contribution in [2.75, 3.05) is 5.73 Å². The number of nitriles is 1. The van der Waals surface area contributed by atoms with Crippen molar-refractivity contribution in [2.24, 2.45) is 0 Å². The summed E-state index contributed by atoms with van der Waals surface area (Å²) in [5, 5.41) is 8.81. The molecule has 17 heavy (non-hydrogen) atoms. The van der Waals surface area contributed by atoms with Crippen molar-refractivity contribution in [2.45, 2.75) is 0 Å². The number of nitrogens with two attached hydrogens (primary N) is 1. The molecule has 0 fully saturated rings. The number of nitrogens with zero attached hydrogens (tertiary/aromatic N) is 2. The van der Waals surface area contributed by atoms with Crippen molar-refractivity contribution in [3.8, 4) is 17.6 Å². The summed E-state index contributed by atoms with van der Waals surface area (Å²) in [5.41, 5.74) is 6.82. The summed E-state index contributed by atoms with van der Waals surface area (Å²) in [5.74, 6) is 1.23. The number of ether oxygens (including phenoxy) is 1. The van der Waals surface area contributed by atoms with Crippen LogP contribution >= 0.6 is 22.6 Å². The third kappa shape index (κ3) is 2.65. The molecule has 2 aromatic rings. The molecule has 2 N–H and O–H groups in total. The molecular weight excluding hydrogens is 329 g/mol. The molecule has 0 atom stereocenters. The van der Waals surface area contributed by atoms with E-state index in [2.05, 4.69) is 27.6 Å². The maximum absolute atomic E-state index is 8.81. The predicted molar refractivity (Wildman–Crippen MR) is 72.6 cm³/mol. The van der Waals surface area contributed by atoms with Gasteiger partial charge in [-0.05, 0) is 46.9 Å². The number of anilines is 1. The van der Waals surface area contributed by atoms with Gasteiger partial charge in [0.15, 0.2) is 5.75 Å². The van der Waals surface area contributed by atoms with Gasteiger partial charge in [-0.2, -0.15) is 5.26 Å². The van der Waals surface area contributed by atoms with Crippen LogP contribution in [0.15, 0.2) is 36.7 Å². The molecule has 0 unspecified atom stereocenters. The quantitative estimate of drug-likeness (QED) is 0.676. The molecule has 0 amide bonds. The Kier molecular flexibility index (Phi) is 3.44. The van der Waals surface area contributed by atoms with Crippen molar-refractivity contribution in [1.82, 2.24) is 4.98 Å². The molecule has 0 bridgehead atoms. The van der Waals surface area contributed by atoms with Crippen LogP contribution in [0.2, 0.25) is 0 Å². The highest BCUT2D eigenvalue weighted by Gasteiger charge is 2.09. The van der Waals surface area contributed by atoms with Crippen LogP contribution in [0.25, 0.3) is 0 Å². The van der Waals surface area contributed by atoms with Gasteiger partial charge < -0.3 is 10.5 Å². The Labute approximate surface area is 112 Å². The summed E-state index contributed by atoms with van der Waals surface area (Å²) in [6.45, 7) is 0. The van der Waals surface area contributed by atoms with Gasteiger partial charge in [-0.15, -0.1) is 0 Å². The topological polar surface area (TPSA) is 71.9 Å². The highest BCUT2D eigenvalue weighted by Crippen LogP contribution is 2.33. The first kappa shape index (κ1) is 11.7. The standard InChI is InChI=1S/C12H8IN3O/c13-10-5-8(7-14)6-11(15)12(10)17-9-1-3-16-4-2-9/h1-6H,15H2. The zero-order valence-electron chi connectivity index (χ0n) is 8.72. The van der Waals surface area contributed by atoms with Crippen LogP contribution in [0.5, 0.6) is 11.5 Å². The third-order valence-corrected chi connectivity index (χ3v) is 2.87. The van der Waals surface area contributed by atoms with Crippen LogP contribution in [0.1, 0.15) is 5.56 Å². The molecule has 0 saturated carbocycles. The number of nitrogen functional groups attached to an aromatic ring is 1. The van der Waals surface area contributed by atoms with Gasteiger partial charge in [0, 0.05) is 12.4 Å². The summed E-state index contributed by atoms with van der Waals surface area (Å²) in [7, 11) is 0. The minimum atomic E-state index is 0.449. The van der Waals surface area contributed by atoms with Crippen LogP contribution in [0, 0.1) is 14.9 Å². The van der Waals surface area contributed by atoms with E-state index in [-0.39, 0.29) is 0 Å². The second-order valence-corrected chi connectivity index (χ2v) is 4.44.